The Balaban J connectivity index is 2.06. The highest BCUT2D eigenvalue weighted by Gasteiger charge is 2.04. The number of carbonyl (C=O) groups is 1. The van der Waals surface area contributed by atoms with Crippen molar-refractivity contribution in [3.8, 4) is 5.75 Å². The van der Waals surface area contributed by atoms with Crippen LogP contribution in [0, 0.1) is 6.92 Å². The van der Waals surface area contributed by atoms with Gasteiger partial charge in [0.2, 0.25) is 0 Å². The van der Waals surface area contributed by atoms with Crippen molar-refractivity contribution < 1.29 is 14.6 Å². The molecule has 0 aliphatic carbocycles. The van der Waals surface area contributed by atoms with Crippen molar-refractivity contribution in [1.29, 1.82) is 0 Å². The van der Waals surface area contributed by atoms with E-state index in [1.165, 1.54) is 6.20 Å². The Morgan fingerprint density at radius 1 is 1.33 bits per heavy atom. The van der Waals surface area contributed by atoms with Crippen molar-refractivity contribution in [3.05, 3.63) is 59.4 Å². The van der Waals surface area contributed by atoms with Gasteiger partial charge in [0.1, 0.15) is 12.4 Å². The Hall–Kier alpha value is -2.36. The fraction of sp³-hybridized carbons (Fsp3) is 0.143. The normalized spacial score (nSPS) is 10.1. The van der Waals surface area contributed by atoms with Crippen LogP contribution in [0.1, 0.15) is 21.5 Å². The summed E-state index contributed by atoms with van der Waals surface area (Å²) in [5.74, 6) is -0.226. The van der Waals surface area contributed by atoms with Crippen LogP contribution in [0.3, 0.4) is 0 Å². The number of aromatic carboxylic acids is 1. The fourth-order valence-corrected chi connectivity index (χ4v) is 1.56. The maximum atomic E-state index is 10.8. The Morgan fingerprint density at radius 3 is 2.89 bits per heavy atom. The van der Waals surface area contributed by atoms with Gasteiger partial charge in [-0.25, -0.2) is 4.79 Å². The van der Waals surface area contributed by atoms with Crippen LogP contribution >= 0.6 is 0 Å². The molecule has 0 fully saturated rings. The van der Waals surface area contributed by atoms with E-state index < -0.39 is 5.97 Å². The maximum Gasteiger partial charge on any atom is 0.337 e. The molecule has 0 aliphatic heterocycles. The number of benzene rings is 1. The SMILES string of the molecule is Cc1cccc(OCc2cncc(C(=O)O)c2)c1. The Morgan fingerprint density at radius 2 is 2.17 bits per heavy atom. The second-order valence-electron chi connectivity index (χ2n) is 3.99. The first-order valence-electron chi connectivity index (χ1n) is 5.52. The third-order valence-electron chi connectivity index (χ3n) is 2.44. The number of nitrogens with zero attached hydrogens (tertiary/aromatic N) is 1. The Labute approximate surface area is 105 Å². The minimum absolute atomic E-state index is 0.167. The number of carboxylic acid groups (broad SMARTS) is 1. The largest absolute Gasteiger partial charge is 0.489 e. The Bertz CT molecular complexity index is 566. The summed E-state index contributed by atoms with van der Waals surface area (Å²) in [6.45, 7) is 2.29. The van der Waals surface area contributed by atoms with Gasteiger partial charge in [0.25, 0.3) is 0 Å². The molecule has 0 atom stereocenters. The number of hydrogen-bond donors (Lipinski definition) is 1. The molecule has 0 bridgehead atoms. The minimum Gasteiger partial charge on any atom is -0.489 e. The molecule has 92 valence electrons. The minimum atomic E-state index is -0.986. The lowest BCUT2D eigenvalue weighted by Crippen LogP contribution is -2.01. The van der Waals surface area contributed by atoms with E-state index in [-0.39, 0.29) is 5.56 Å². The average Bonchev–Trinajstić information content (AvgIpc) is 2.37. The van der Waals surface area contributed by atoms with Gasteiger partial charge in [-0.3, -0.25) is 4.98 Å². The number of ether oxygens (including phenoxy) is 1. The van der Waals surface area contributed by atoms with E-state index in [2.05, 4.69) is 4.98 Å². The summed E-state index contributed by atoms with van der Waals surface area (Å²) in [4.78, 5) is 14.7. The molecule has 1 aromatic carbocycles. The third-order valence-corrected chi connectivity index (χ3v) is 2.44. The quantitative estimate of drug-likeness (QED) is 0.896. The van der Waals surface area contributed by atoms with Gasteiger partial charge in [-0.05, 0) is 30.7 Å². The van der Waals surface area contributed by atoms with Gasteiger partial charge in [-0.1, -0.05) is 12.1 Å². The van der Waals surface area contributed by atoms with Crippen molar-refractivity contribution in [3.63, 3.8) is 0 Å². The second-order valence-corrected chi connectivity index (χ2v) is 3.99. The van der Waals surface area contributed by atoms with Crippen LogP contribution in [-0.4, -0.2) is 16.1 Å². The van der Waals surface area contributed by atoms with Gasteiger partial charge in [0.15, 0.2) is 0 Å². The van der Waals surface area contributed by atoms with E-state index in [9.17, 15) is 4.79 Å². The van der Waals surface area contributed by atoms with E-state index in [0.717, 1.165) is 16.9 Å². The van der Waals surface area contributed by atoms with Crippen molar-refractivity contribution in [1.82, 2.24) is 4.98 Å². The molecular weight excluding hydrogens is 230 g/mol. The number of aryl methyl sites for hydroxylation is 1. The highest BCUT2D eigenvalue weighted by Crippen LogP contribution is 2.14. The monoisotopic (exact) mass is 243 g/mol. The lowest BCUT2D eigenvalue weighted by atomic mass is 10.2. The van der Waals surface area contributed by atoms with E-state index in [1.54, 1.807) is 12.3 Å². The number of carboxylic acids is 1. The van der Waals surface area contributed by atoms with Crippen molar-refractivity contribution in [2.45, 2.75) is 13.5 Å². The predicted molar refractivity (Wildman–Crippen MR) is 66.7 cm³/mol. The van der Waals surface area contributed by atoms with Crippen LogP contribution in [-0.2, 0) is 6.61 Å². The summed E-state index contributed by atoms with van der Waals surface area (Å²) in [6.07, 6.45) is 2.92. The molecule has 1 aromatic heterocycles. The highest BCUT2D eigenvalue weighted by molar-refractivity contribution is 5.87. The van der Waals surface area contributed by atoms with Crippen LogP contribution < -0.4 is 4.74 Å². The topological polar surface area (TPSA) is 59.4 Å². The first-order valence-corrected chi connectivity index (χ1v) is 5.52. The summed E-state index contributed by atoms with van der Waals surface area (Å²) in [7, 11) is 0. The molecule has 2 aromatic rings. The first-order chi connectivity index (χ1) is 8.65. The third kappa shape index (κ3) is 3.07. The molecule has 0 radical (unpaired) electrons. The summed E-state index contributed by atoms with van der Waals surface area (Å²) in [5.41, 5.74) is 2.02. The van der Waals surface area contributed by atoms with E-state index in [1.807, 2.05) is 31.2 Å². The first kappa shape index (κ1) is 12.1. The zero-order valence-electron chi connectivity index (χ0n) is 9.96. The zero-order valence-corrected chi connectivity index (χ0v) is 9.96. The summed E-state index contributed by atoms with van der Waals surface area (Å²) >= 11 is 0. The summed E-state index contributed by atoms with van der Waals surface area (Å²) in [5, 5.41) is 8.85. The van der Waals surface area contributed by atoms with Crippen molar-refractivity contribution >= 4 is 5.97 Å². The molecule has 0 amide bonds. The highest BCUT2D eigenvalue weighted by atomic mass is 16.5. The summed E-state index contributed by atoms with van der Waals surface area (Å²) < 4.78 is 5.57. The van der Waals surface area contributed by atoms with Gasteiger partial charge < -0.3 is 9.84 Å². The molecule has 0 saturated carbocycles. The Kier molecular flexibility index (Phi) is 3.57. The van der Waals surface area contributed by atoms with Crippen LogP contribution in [0.2, 0.25) is 0 Å². The molecule has 0 aliphatic rings. The van der Waals surface area contributed by atoms with Gasteiger partial charge in [-0.2, -0.15) is 0 Å². The van der Waals surface area contributed by atoms with Gasteiger partial charge >= 0.3 is 5.97 Å². The summed E-state index contributed by atoms with van der Waals surface area (Å²) in [6, 6.07) is 9.25. The number of rotatable bonds is 4. The molecule has 4 nitrogen and oxygen atoms in total. The predicted octanol–water partition coefficient (Wildman–Crippen LogP) is 2.67. The molecule has 0 spiro atoms. The average molecular weight is 243 g/mol. The fourth-order valence-electron chi connectivity index (χ4n) is 1.56. The van der Waals surface area contributed by atoms with Crippen LogP contribution in [0.5, 0.6) is 5.75 Å². The van der Waals surface area contributed by atoms with E-state index in [4.69, 9.17) is 9.84 Å². The number of aromatic nitrogens is 1. The van der Waals surface area contributed by atoms with Gasteiger partial charge in [0, 0.05) is 18.0 Å². The standard InChI is InChI=1S/C14H13NO3/c1-10-3-2-4-13(5-10)18-9-11-6-12(14(16)17)8-15-7-11/h2-8H,9H2,1H3,(H,16,17). The van der Waals surface area contributed by atoms with Crippen molar-refractivity contribution in [2.75, 3.05) is 0 Å². The molecule has 0 saturated heterocycles. The molecule has 0 unspecified atom stereocenters. The van der Waals surface area contributed by atoms with Crippen LogP contribution in [0.25, 0.3) is 0 Å². The zero-order chi connectivity index (χ0) is 13.0. The molecule has 18 heavy (non-hydrogen) atoms. The van der Waals surface area contributed by atoms with Crippen LogP contribution in [0.15, 0.2) is 42.7 Å². The number of hydrogen-bond acceptors (Lipinski definition) is 3. The molecule has 4 heteroatoms. The molecule has 1 heterocycles. The molecule has 1 N–H and O–H groups in total. The van der Waals surface area contributed by atoms with Crippen molar-refractivity contribution in [2.24, 2.45) is 0 Å². The van der Waals surface area contributed by atoms with Crippen LogP contribution in [0.4, 0.5) is 0 Å². The number of pyridine rings is 1. The maximum absolute atomic E-state index is 10.8. The lowest BCUT2D eigenvalue weighted by molar-refractivity contribution is 0.0696. The van der Waals surface area contributed by atoms with Gasteiger partial charge in [-0.15, -0.1) is 0 Å². The lowest BCUT2D eigenvalue weighted by Gasteiger charge is -2.07. The van der Waals surface area contributed by atoms with E-state index in [0.29, 0.717) is 6.61 Å². The molecular formula is C14H13NO3. The van der Waals surface area contributed by atoms with E-state index >= 15 is 0 Å². The molecule has 2 rings (SSSR count). The smallest absolute Gasteiger partial charge is 0.337 e. The van der Waals surface area contributed by atoms with Gasteiger partial charge in [0.05, 0.1) is 5.56 Å². The second kappa shape index (κ2) is 5.31.